The Bertz CT molecular complexity index is 106. The van der Waals surface area contributed by atoms with E-state index in [9.17, 15) is 4.79 Å². The second-order valence-corrected chi connectivity index (χ2v) is 5.16. The van der Waals surface area contributed by atoms with E-state index in [0.29, 0.717) is 8.58 Å². The average molecular weight is 147 g/mol. The molecule has 0 saturated carbocycles. The van der Waals surface area contributed by atoms with Gasteiger partial charge in [-0.1, -0.05) is 20.8 Å². The van der Waals surface area contributed by atoms with Gasteiger partial charge in [-0.15, -0.1) is 0 Å². The number of carbonyl (C=O) groups excluding carboxylic acids is 1. The summed E-state index contributed by atoms with van der Waals surface area (Å²) in [7, 11) is 2.03. The Labute approximate surface area is 58.2 Å². The molecule has 0 aliphatic carbocycles. The largest absolute Gasteiger partial charge is 0.356 e. The van der Waals surface area contributed by atoms with Crippen molar-refractivity contribution in [2.45, 2.75) is 25.9 Å². The first-order valence-corrected chi connectivity index (χ1v) is 3.95. The Morgan fingerprint density at radius 1 is 1.44 bits per heavy atom. The highest BCUT2D eigenvalue weighted by molar-refractivity contribution is 7.59. The second kappa shape index (κ2) is 3.17. The van der Waals surface area contributed by atoms with E-state index < -0.39 is 0 Å². The van der Waals surface area contributed by atoms with Gasteiger partial charge in [0.15, 0.2) is 0 Å². The van der Waals surface area contributed by atoms with E-state index in [2.05, 4.69) is 26.1 Å². The Hall–Kier alpha value is -0.100. The van der Waals surface area contributed by atoms with Gasteiger partial charge in [0.2, 0.25) is 5.65 Å². The fourth-order valence-corrected chi connectivity index (χ4v) is 1.21. The molecule has 1 unspecified atom stereocenters. The van der Waals surface area contributed by atoms with Crippen LogP contribution in [-0.2, 0) is 0 Å². The monoisotopic (exact) mass is 147 g/mol. The summed E-state index contributed by atoms with van der Waals surface area (Å²) in [5.41, 5.74) is 0.141. The number of rotatable bonds is 1. The summed E-state index contributed by atoms with van der Waals surface area (Å²) in [4.78, 5) is 10.7. The lowest BCUT2D eigenvalue weighted by molar-refractivity contribution is 0.261. The SMILES string of the molecule is CNC(=O)PC(C)(C)C. The zero-order valence-corrected chi connectivity index (χ0v) is 7.41. The molecule has 0 aromatic carbocycles. The molecule has 0 bridgehead atoms. The lowest BCUT2D eigenvalue weighted by Crippen LogP contribution is -2.17. The maximum Gasteiger partial charge on any atom is 0.238 e. The third-order valence-corrected chi connectivity index (χ3v) is 1.94. The van der Waals surface area contributed by atoms with Crippen LogP contribution >= 0.6 is 8.58 Å². The van der Waals surface area contributed by atoms with Crippen molar-refractivity contribution in [2.24, 2.45) is 0 Å². The summed E-state index contributed by atoms with van der Waals surface area (Å²) in [6.07, 6.45) is 0. The Morgan fingerprint density at radius 2 is 1.89 bits per heavy atom. The molecule has 0 saturated heterocycles. The molecule has 0 rings (SSSR count). The van der Waals surface area contributed by atoms with E-state index in [4.69, 9.17) is 0 Å². The minimum Gasteiger partial charge on any atom is -0.356 e. The summed E-state index contributed by atoms with van der Waals surface area (Å²) in [6, 6.07) is 0. The molecule has 1 atom stereocenters. The van der Waals surface area contributed by atoms with Crippen molar-refractivity contribution in [3.63, 3.8) is 0 Å². The molecule has 9 heavy (non-hydrogen) atoms. The molecule has 54 valence electrons. The van der Waals surface area contributed by atoms with Gasteiger partial charge in [0.1, 0.15) is 0 Å². The van der Waals surface area contributed by atoms with Crippen LogP contribution in [0.1, 0.15) is 20.8 Å². The number of carbonyl (C=O) groups is 1. The van der Waals surface area contributed by atoms with Crippen molar-refractivity contribution in [2.75, 3.05) is 7.05 Å². The molecule has 2 nitrogen and oxygen atoms in total. The molecule has 0 spiro atoms. The van der Waals surface area contributed by atoms with Gasteiger partial charge >= 0.3 is 0 Å². The first-order valence-electron chi connectivity index (χ1n) is 2.95. The molecule has 0 aromatic rings. The first-order chi connectivity index (χ1) is 3.95. The van der Waals surface area contributed by atoms with Crippen LogP contribution in [0.4, 0.5) is 4.79 Å². The van der Waals surface area contributed by atoms with Crippen LogP contribution in [0.25, 0.3) is 0 Å². The third-order valence-electron chi connectivity index (χ3n) is 0.716. The van der Waals surface area contributed by atoms with Gasteiger partial charge in [0.05, 0.1) is 0 Å². The minimum atomic E-state index is 0.139. The van der Waals surface area contributed by atoms with Crippen molar-refractivity contribution in [3.05, 3.63) is 0 Å². The highest BCUT2D eigenvalue weighted by atomic mass is 31.1. The number of hydrogen-bond acceptors (Lipinski definition) is 1. The van der Waals surface area contributed by atoms with E-state index in [1.54, 1.807) is 7.05 Å². The highest BCUT2D eigenvalue weighted by Gasteiger charge is 2.13. The standard InChI is InChI=1S/C6H14NOP/c1-6(2,3)9-5(8)7-4/h9H,1-4H3,(H,7,8). The molecule has 0 aliphatic heterocycles. The summed E-state index contributed by atoms with van der Waals surface area (Å²) in [5, 5.41) is 2.73. The molecule has 1 N–H and O–H groups in total. The maximum atomic E-state index is 10.7. The fourth-order valence-electron chi connectivity index (χ4n) is 0.403. The molecular formula is C6H14NOP. The van der Waals surface area contributed by atoms with Gasteiger partial charge in [0, 0.05) is 7.05 Å². The Morgan fingerprint density at radius 3 is 2.00 bits per heavy atom. The van der Waals surface area contributed by atoms with Crippen LogP contribution in [0.5, 0.6) is 0 Å². The van der Waals surface area contributed by atoms with Gasteiger partial charge in [-0.25, -0.2) is 0 Å². The molecule has 0 aliphatic rings. The normalized spacial score (nSPS) is 12.4. The molecule has 0 radical (unpaired) electrons. The van der Waals surface area contributed by atoms with E-state index in [-0.39, 0.29) is 10.8 Å². The van der Waals surface area contributed by atoms with Crippen LogP contribution in [0.3, 0.4) is 0 Å². The van der Waals surface area contributed by atoms with Crippen LogP contribution < -0.4 is 5.32 Å². The minimum absolute atomic E-state index is 0.139. The maximum absolute atomic E-state index is 10.7. The summed E-state index contributed by atoms with van der Waals surface area (Å²) < 4.78 is 0. The summed E-state index contributed by atoms with van der Waals surface area (Å²) in [5.74, 6) is 0. The molecule has 3 heteroatoms. The van der Waals surface area contributed by atoms with Crippen LogP contribution in [0, 0.1) is 0 Å². The predicted octanol–water partition coefficient (Wildman–Crippen LogP) is 1.80. The van der Waals surface area contributed by atoms with Gasteiger partial charge in [0.25, 0.3) is 0 Å². The Balaban J connectivity index is 3.60. The molecule has 0 aromatic heterocycles. The first kappa shape index (κ1) is 8.90. The fraction of sp³-hybridized carbons (Fsp3) is 0.833. The van der Waals surface area contributed by atoms with Crippen molar-refractivity contribution in [3.8, 4) is 0 Å². The van der Waals surface area contributed by atoms with Crippen molar-refractivity contribution in [1.29, 1.82) is 0 Å². The van der Waals surface area contributed by atoms with Gasteiger partial charge in [-0.05, 0) is 13.7 Å². The lowest BCUT2D eigenvalue weighted by Gasteiger charge is -2.15. The van der Waals surface area contributed by atoms with E-state index in [1.807, 2.05) is 0 Å². The van der Waals surface area contributed by atoms with Crippen LogP contribution in [0.15, 0.2) is 0 Å². The number of hydrogen-bond donors (Lipinski definition) is 1. The predicted molar refractivity (Wildman–Crippen MR) is 42.5 cm³/mol. The van der Waals surface area contributed by atoms with Crippen LogP contribution in [0.2, 0.25) is 0 Å². The molecular weight excluding hydrogens is 133 g/mol. The third kappa shape index (κ3) is 5.78. The molecule has 0 heterocycles. The average Bonchev–Trinajstić information content (AvgIpc) is 1.62. The highest BCUT2D eigenvalue weighted by Crippen LogP contribution is 2.30. The van der Waals surface area contributed by atoms with Crippen molar-refractivity contribution >= 4 is 14.2 Å². The van der Waals surface area contributed by atoms with E-state index in [0.717, 1.165) is 0 Å². The van der Waals surface area contributed by atoms with Gasteiger partial charge < -0.3 is 5.32 Å². The number of amides is 1. The summed E-state index contributed by atoms with van der Waals surface area (Å²) >= 11 is 0. The summed E-state index contributed by atoms with van der Waals surface area (Å²) in [6.45, 7) is 6.17. The lowest BCUT2D eigenvalue weighted by atomic mass is 10.3. The van der Waals surface area contributed by atoms with E-state index in [1.165, 1.54) is 0 Å². The van der Waals surface area contributed by atoms with Crippen molar-refractivity contribution < 1.29 is 4.79 Å². The number of nitrogens with one attached hydrogen (secondary N) is 1. The second-order valence-electron chi connectivity index (χ2n) is 2.95. The smallest absolute Gasteiger partial charge is 0.238 e. The van der Waals surface area contributed by atoms with Crippen molar-refractivity contribution in [1.82, 2.24) is 5.32 Å². The van der Waals surface area contributed by atoms with Crippen LogP contribution in [-0.4, -0.2) is 17.9 Å². The zero-order valence-electron chi connectivity index (χ0n) is 6.41. The quantitative estimate of drug-likeness (QED) is 0.563. The topological polar surface area (TPSA) is 29.1 Å². The van der Waals surface area contributed by atoms with E-state index >= 15 is 0 Å². The van der Waals surface area contributed by atoms with Gasteiger partial charge in [-0.2, -0.15) is 0 Å². The molecule has 0 fully saturated rings. The Kier molecular flexibility index (Phi) is 3.13. The van der Waals surface area contributed by atoms with Gasteiger partial charge in [-0.3, -0.25) is 4.79 Å². The molecule has 1 amide bonds. The zero-order chi connectivity index (χ0) is 7.49.